The van der Waals surface area contributed by atoms with Crippen LogP contribution in [0.5, 0.6) is 0 Å². The number of hydrogen-bond acceptors (Lipinski definition) is 6. The molecule has 0 N–H and O–H groups in total. The van der Waals surface area contributed by atoms with Crippen molar-refractivity contribution in [2.75, 3.05) is 25.4 Å². The van der Waals surface area contributed by atoms with E-state index in [1.165, 1.54) is 11.8 Å². The van der Waals surface area contributed by atoms with Gasteiger partial charge in [0.1, 0.15) is 12.4 Å². The minimum Gasteiger partial charge on any atom is -0.467 e. The molecule has 3 heterocycles. The third-order valence-corrected chi connectivity index (χ3v) is 5.11. The lowest BCUT2D eigenvalue weighted by Gasteiger charge is -2.14. The summed E-state index contributed by atoms with van der Waals surface area (Å²) >= 11 is 1.45. The number of nitrogens with zero attached hydrogens (tertiary/aromatic N) is 3. The number of fused-ring (bicyclic) bond motifs is 1. The number of cyclic esters (lactones) is 1. The van der Waals surface area contributed by atoms with Crippen molar-refractivity contribution >= 4 is 28.8 Å². The predicted molar refractivity (Wildman–Crippen MR) is 97.5 cm³/mol. The zero-order valence-electron chi connectivity index (χ0n) is 14.0. The van der Waals surface area contributed by atoms with Crippen molar-refractivity contribution in [1.29, 1.82) is 0 Å². The molecule has 8 heteroatoms. The average molecular weight is 371 g/mol. The van der Waals surface area contributed by atoms with Gasteiger partial charge in [0.2, 0.25) is 0 Å². The van der Waals surface area contributed by atoms with Gasteiger partial charge in [0.25, 0.3) is 5.56 Å². The summed E-state index contributed by atoms with van der Waals surface area (Å²) in [5.41, 5.74) is 0.561. The summed E-state index contributed by atoms with van der Waals surface area (Å²) in [6.45, 7) is 1.90. The van der Waals surface area contributed by atoms with Gasteiger partial charge >= 0.3 is 6.09 Å². The first-order valence-electron chi connectivity index (χ1n) is 8.29. The van der Waals surface area contributed by atoms with Crippen molar-refractivity contribution in [3.8, 4) is 0 Å². The number of furan rings is 1. The molecule has 1 aromatic carbocycles. The van der Waals surface area contributed by atoms with Gasteiger partial charge in [-0.15, -0.1) is 0 Å². The molecular weight excluding hydrogens is 354 g/mol. The van der Waals surface area contributed by atoms with Gasteiger partial charge in [-0.05, 0) is 24.3 Å². The average Bonchev–Trinajstić information content (AvgIpc) is 3.30. The van der Waals surface area contributed by atoms with Gasteiger partial charge in [0.15, 0.2) is 5.16 Å². The van der Waals surface area contributed by atoms with E-state index in [1.54, 1.807) is 27.9 Å². The van der Waals surface area contributed by atoms with Crippen LogP contribution in [0.1, 0.15) is 5.76 Å². The largest absolute Gasteiger partial charge is 0.467 e. The molecule has 26 heavy (non-hydrogen) atoms. The number of rotatable bonds is 6. The molecule has 2 aromatic heterocycles. The van der Waals surface area contributed by atoms with E-state index < -0.39 is 0 Å². The molecule has 3 aromatic rings. The zero-order valence-corrected chi connectivity index (χ0v) is 14.8. The van der Waals surface area contributed by atoms with Crippen molar-refractivity contribution < 1.29 is 13.9 Å². The fourth-order valence-electron chi connectivity index (χ4n) is 2.83. The van der Waals surface area contributed by atoms with Crippen LogP contribution in [-0.2, 0) is 11.3 Å². The van der Waals surface area contributed by atoms with Crippen LogP contribution in [0.25, 0.3) is 10.9 Å². The lowest BCUT2D eigenvalue weighted by Crippen LogP contribution is -2.27. The first-order valence-corrected chi connectivity index (χ1v) is 9.27. The number of hydrogen-bond donors (Lipinski definition) is 0. The highest BCUT2D eigenvalue weighted by molar-refractivity contribution is 7.99. The molecule has 134 valence electrons. The Hall–Kier alpha value is -2.74. The van der Waals surface area contributed by atoms with Crippen molar-refractivity contribution in [3.05, 3.63) is 58.8 Å². The van der Waals surface area contributed by atoms with Crippen LogP contribution in [-0.4, -0.2) is 46.0 Å². The van der Waals surface area contributed by atoms with Gasteiger partial charge in [0, 0.05) is 12.3 Å². The van der Waals surface area contributed by atoms with Gasteiger partial charge in [-0.3, -0.25) is 9.36 Å². The van der Waals surface area contributed by atoms with E-state index in [2.05, 4.69) is 4.98 Å². The van der Waals surface area contributed by atoms with Gasteiger partial charge in [-0.1, -0.05) is 23.9 Å². The number of aromatic nitrogens is 2. The Morgan fingerprint density at radius 1 is 1.15 bits per heavy atom. The third kappa shape index (κ3) is 3.32. The number of carbonyl (C=O) groups is 1. The summed E-state index contributed by atoms with van der Waals surface area (Å²) in [5, 5.41) is 1.18. The topological polar surface area (TPSA) is 77.6 Å². The maximum Gasteiger partial charge on any atom is 0.409 e. The van der Waals surface area contributed by atoms with E-state index >= 15 is 0 Å². The normalized spacial score (nSPS) is 14.2. The molecule has 0 bridgehead atoms. The minimum absolute atomic E-state index is 0.102. The Bertz CT molecular complexity index is 984. The van der Waals surface area contributed by atoms with Crippen LogP contribution in [0.2, 0.25) is 0 Å². The maximum atomic E-state index is 12.9. The number of amides is 1. The van der Waals surface area contributed by atoms with E-state index in [9.17, 15) is 9.59 Å². The Balaban J connectivity index is 1.62. The van der Waals surface area contributed by atoms with Gasteiger partial charge < -0.3 is 14.1 Å². The lowest BCUT2D eigenvalue weighted by atomic mass is 10.2. The molecule has 1 aliphatic rings. The summed E-state index contributed by atoms with van der Waals surface area (Å²) in [5.74, 6) is 1.31. The maximum absolute atomic E-state index is 12.9. The Morgan fingerprint density at radius 2 is 2.04 bits per heavy atom. The summed E-state index contributed by atoms with van der Waals surface area (Å²) in [6, 6.07) is 10.9. The molecule has 1 saturated heterocycles. The first-order chi connectivity index (χ1) is 12.7. The lowest BCUT2D eigenvalue weighted by molar-refractivity contribution is 0.160. The highest BCUT2D eigenvalue weighted by atomic mass is 32.2. The SMILES string of the molecule is O=C1OCCN1CCSc1nc2ccccc2c(=O)n1Cc1ccco1. The van der Waals surface area contributed by atoms with Gasteiger partial charge in [-0.2, -0.15) is 0 Å². The molecule has 0 atom stereocenters. The quantitative estimate of drug-likeness (QED) is 0.490. The highest BCUT2D eigenvalue weighted by Crippen LogP contribution is 2.19. The smallest absolute Gasteiger partial charge is 0.409 e. The van der Waals surface area contributed by atoms with Crippen molar-refractivity contribution in [2.24, 2.45) is 0 Å². The van der Waals surface area contributed by atoms with Crippen LogP contribution in [0, 0.1) is 0 Å². The number of benzene rings is 1. The molecule has 0 aliphatic carbocycles. The Morgan fingerprint density at radius 3 is 2.81 bits per heavy atom. The third-order valence-electron chi connectivity index (χ3n) is 4.16. The molecular formula is C18H17N3O4S. The zero-order chi connectivity index (χ0) is 17.9. The Labute approximate surface area is 153 Å². The van der Waals surface area contributed by atoms with E-state index in [0.29, 0.717) is 53.8 Å². The summed E-state index contributed by atoms with van der Waals surface area (Å²) in [6.07, 6.45) is 1.30. The second-order valence-electron chi connectivity index (χ2n) is 5.83. The Kier molecular flexibility index (Phi) is 4.66. The highest BCUT2D eigenvalue weighted by Gasteiger charge is 2.21. The van der Waals surface area contributed by atoms with E-state index in [0.717, 1.165) is 0 Å². The van der Waals surface area contributed by atoms with E-state index in [1.807, 2.05) is 24.3 Å². The van der Waals surface area contributed by atoms with Crippen molar-refractivity contribution in [1.82, 2.24) is 14.5 Å². The van der Waals surface area contributed by atoms with Crippen LogP contribution < -0.4 is 5.56 Å². The monoisotopic (exact) mass is 371 g/mol. The molecule has 7 nitrogen and oxygen atoms in total. The molecule has 0 spiro atoms. The second kappa shape index (κ2) is 7.25. The second-order valence-corrected chi connectivity index (χ2v) is 6.89. The van der Waals surface area contributed by atoms with Crippen molar-refractivity contribution in [3.63, 3.8) is 0 Å². The van der Waals surface area contributed by atoms with Gasteiger partial charge in [0.05, 0.1) is 30.3 Å². The van der Waals surface area contributed by atoms with Crippen LogP contribution >= 0.6 is 11.8 Å². The molecule has 1 aliphatic heterocycles. The predicted octanol–water partition coefficient (Wildman–Crippen LogP) is 2.58. The molecule has 1 amide bonds. The van der Waals surface area contributed by atoms with Crippen LogP contribution in [0.3, 0.4) is 0 Å². The number of para-hydroxylation sites is 1. The van der Waals surface area contributed by atoms with E-state index in [-0.39, 0.29) is 11.7 Å². The molecule has 0 unspecified atom stereocenters. The molecule has 4 rings (SSSR count). The first kappa shape index (κ1) is 16.7. The summed E-state index contributed by atoms with van der Waals surface area (Å²) in [7, 11) is 0. The standard InChI is InChI=1S/C18H17N3O4S/c22-16-14-5-1-2-6-15(14)19-17(21(16)12-13-4-3-9-24-13)26-11-8-20-7-10-25-18(20)23/h1-6,9H,7-8,10-12H2. The number of ether oxygens (including phenoxy) is 1. The summed E-state index contributed by atoms with van der Waals surface area (Å²) < 4.78 is 11.9. The van der Waals surface area contributed by atoms with Gasteiger partial charge in [-0.25, -0.2) is 9.78 Å². The number of carbonyl (C=O) groups excluding carboxylic acids is 1. The van der Waals surface area contributed by atoms with Crippen molar-refractivity contribution in [2.45, 2.75) is 11.7 Å². The molecule has 0 saturated carbocycles. The fourth-order valence-corrected chi connectivity index (χ4v) is 3.79. The molecule has 1 fully saturated rings. The minimum atomic E-state index is -0.287. The fraction of sp³-hybridized carbons (Fsp3) is 0.278. The number of thioether (sulfide) groups is 1. The van der Waals surface area contributed by atoms with Crippen LogP contribution in [0.15, 0.2) is 57.0 Å². The molecule has 0 radical (unpaired) electrons. The summed E-state index contributed by atoms with van der Waals surface area (Å²) in [4.78, 5) is 30.8. The van der Waals surface area contributed by atoms with Crippen LogP contribution in [0.4, 0.5) is 4.79 Å². The van der Waals surface area contributed by atoms with E-state index in [4.69, 9.17) is 9.15 Å².